The molecule has 2 aromatic heterocycles. The van der Waals surface area contributed by atoms with E-state index in [0.717, 1.165) is 30.9 Å². The van der Waals surface area contributed by atoms with Gasteiger partial charge in [0, 0.05) is 18.7 Å². The Bertz CT molecular complexity index is 550. The predicted octanol–water partition coefficient (Wildman–Crippen LogP) is 2.77. The molecule has 2 heterocycles. The molecule has 4 heteroatoms. The Balaban J connectivity index is 1.90. The van der Waals surface area contributed by atoms with Crippen molar-refractivity contribution >= 4 is 5.82 Å². The quantitative estimate of drug-likeness (QED) is 0.915. The van der Waals surface area contributed by atoms with E-state index < -0.39 is 0 Å². The lowest BCUT2D eigenvalue weighted by Gasteiger charge is -2.23. The van der Waals surface area contributed by atoms with Gasteiger partial charge < -0.3 is 5.32 Å². The fraction of sp³-hybridized carbons (Fsp3) is 0.400. The minimum atomic E-state index is 0.299. The second-order valence-corrected chi connectivity index (χ2v) is 4.87. The van der Waals surface area contributed by atoms with Gasteiger partial charge in [0.25, 0.3) is 0 Å². The number of anilines is 1. The predicted molar refractivity (Wildman–Crippen MR) is 75.2 cm³/mol. The fourth-order valence-electron chi connectivity index (χ4n) is 2.70. The maximum absolute atomic E-state index is 4.55. The molecule has 1 aliphatic rings. The molecule has 98 valence electrons. The Labute approximate surface area is 113 Å². The first-order chi connectivity index (χ1) is 9.38. The highest BCUT2D eigenvalue weighted by molar-refractivity contribution is 5.37. The SMILES string of the molecule is CCNc1ccc(C2CCCc3cccnc32)nn1. The molecule has 0 bridgehead atoms. The van der Waals surface area contributed by atoms with Crippen LogP contribution in [-0.2, 0) is 6.42 Å². The maximum atomic E-state index is 4.55. The summed E-state index contributed by atoms with van der Waals surface area (Å²) in [5.41, 5.74) is 3.57. The lowest BCUT2D eigenvalue weighted by atomic mass is 9.84. The lowest BCUT2D eigenvalue weighted by molar-refractivity contribution is 0.582. The summed E-state index contributed by atoms with van der Waals surface area (Å²) < 4.78 is 0. The van der Waals surface area contributed by atoms with Crippen LogP contribution in [0.3, 0.4) is 0 Å². The van der Waals surface area contributed by atoms with Crippen LogP contribution in [0.5, 0.6) is 0 Å². The van der Waals surface area contributed by atoms with E-state index >= 15 is 0 Å². The van der Waals surface area contributed by atoms with Crippen LogP contribution in [0.15, 0.2) is 30.5 Å². The maximum Gasteiger partial charge on any atom is 0.148 e. The molecule has 0 aliphatic heterocycles. The van der Waals surface area contributed by atoms with Gasteiger partial charge in [-0.05, 0) is 49.9 Å². The number of pyridine rings is 1. The highest BCUT2D eigenvalue weighted by Gasteiger charge is 2.24. The van der Waals surface area contributed by atoms with Crippen molar-refractivity contribution in [3.05, 3.63) is 47.4 Å². The summed E-state index contributed by atoms with van der Waals surface area (Å²) >= 11 is 0. The van der Waals surface area contributed by atoms with Gasteiger partial charge >= 0.3 is 0 Å². The number of nitrogens with one attached hydrogen (secondary N) is 1. The highest BCUT2D eigenvalue weighted by atomic mass is 15.2. The van der Waals surface area contributed by atoms with Gasteiger partial charge in [-0.15, -0.1) is 5.10 Å². The second-order valence-electron chi connectivity index (χ2n) is 4.87. The summed E-state index contributed by atoms with van der Waals surface area (Å²) in [5, 5.41) is 11.8. The van der Waals surface area contributed by atoms with Crippen LogP contribution in [0.4, 0.5) is 5.82 Å². The number of fused-ring (bicyclic) bond motifs is 1. The minimum Gasteiger partial charge on any atom is -0.369 e. The van der Waals surface area contributed by atoms with Crippen LogP contribution >= 0.6 is 0 Å². The largest absolute Gasteiger partial charge is 0.369 e. The Hall–Kier alpha value is -1.97. The minimum absolute atomic E-state index is 0.299. The third kappa shape index (κ3) is 2.43. The Morgan fingerprint density at radius 3 is 3.00 bits per heavy atom. The molecule has 0 saturated carbocycles. The van der Waals surface area contributed by atoms with Gasteiger partial charge in [0.05, 0.1) is 11.4 Å². The van der Waals surface area contributed by atoms with E-state index in [2.05, 4.69) is 39.6 Å². The zero-order valence-electron chi connectivity index (χ0n) is 11.1. The summed E-state index contributed by atoms with van der Waals surface area (Å²) in [4.78, 5) is 4.55. The van der Waals surface area contributed by atoms with Gasteiger partial charge in [-0.1, -0.05) is 6.07 Å². The molecule has 2 aromatic rings. The average molecular weight is 254 g/mol. The number of rotatable bonds is 3. The first kappa shape index (κ1) is 12.1. The van der Waals surface area contributed by atoms with Crippen molar-refractivity contribution in [3.8, 4) is 0 Å². The first-order valence-corrected chi connectivity index (χ1v) is 6.89. The van der Waals surface area contributed by atoms with Crippen LogP contribution in [0.25, 0.3) is 0 Å². The molecule has 1 unspecified atom stereocenters. The van der Waals surface area contributed by atoms with Gasteiger partial charge in [-0.2, -0.15) is 5.10 Å². The van der Waals surface area contributed by atoms with Gasteiger partial charge in [0.1, 0.15) is 5.82 Å². The molecule has 1 N–H and O–H groups in total. The molecule has 0 amide bonds. The molecule has 0 aromatic carbocycles. The molecule has 0 saturated heterocycles. The molecule has 19 heavy (non-hydrogen) atoms. The zero-order chi connectivity index (χ0) is 13.1. The summed E-state index contributed by atoms with van der Waals surface area (Å²) in [5.74, 6) is 1.14. The van der Waals surface area contributed by atoms with Gasteiger partial charge in [-0.25, -0.2) is 0 Å². The summed E-state index contributed by atoms with van der Waals surface area (Å²) in [7, 11) is 0. The number of hydrogen-bond acceptors (Lipinski definition) is 4. The summed E-state index contributed by atoms with van der Waals surface area (Å²) in [6, 6.07) is 8.26. The van der Waals surface area contributed by atoms with Crippen LogP contribution < -0.4 is 5.32 Å². The van der Waals surface area contributed by atoms with E-state index in [4.69, 9.17) is 0 Å². The number of aromatic nitrogens is 3. The number of nitrogens with zero attached hydrogens (tertiary/aromatic N) is 3. The van der Waals surface area contributed by atoms with Crippen LogP contribution in [0, 0.1) is 0 Å². The van der Waals surface area contributed by atoms with Gasteiger partial charge in [-0.3, -0.25) is 4.98 Å². The standard InChI is InChI=1S/C15H18N4/c1-2-16-14-9-8-13(18-19-14)12-7-3-5-11-6-4-10-17-15(11)12/h4,6,8-10,12H,2-3,5,7H2,1H3,(H,16,19). The molecule has 0 radical (unpaired) electrons. The monoisotopic (exact) mass is 254 g/mol. The van der Waals surface area contributed by atoms with E-state index in [1.54, 1.807) is 0 Å². The van der Waals surface area contributed by atoms with E-state index in [0.29, 0.717) is 5.92 Å². The summed E-state index contributed by atoms with van der Waals surface area (Å²) in [6.07, 6.45) is 5.30. The third-order valence-electron chi connectivity index (χ3n) is 3.60. The van der Waals surface area contributed by atoms with Crippen molar-refractivity contribution in [2.45, 2.75) is 32.1 Å². The molecule has 1 atom stereocenters. The van der Waals surface area contributed by atoms with E-state index in [-0.39, 0.29) is 0 Å². The molecule has 4 nitrogen and oxygen atoms in total. The van der Waals surface area contributed by atoms with E-state index in [1.807, 2.05) is 18.3 Å². The smallest absolute Gasteiger partial charge is 0.148 e. The first-order valence-electron chi connectivity index (χ1n) is 6.89. The average Bonchev–Trinajstić information content (AvgIpc) is 2.48. The van der Waals surface area contributed by atoms with Crippen molar-refractivity contribution in [3.63, 3.8) is 0 Å². The van der Waals surface area contributed by atoms with Gasteiger partial charge in [0.15, 0.2) is 0 Å². The molecule has 0 fully saturated rings. The molecular weight excluding hydrogens is 236 g/mol. The Kier molecular flexibility index (Phi) is 3.40. The number of aryl methyl sites for hydroxylation is 1. The zero-order valence-corrected chi connectivity index (χ0v) is 11.1. The van der Waals surface area contributed by atoms with E-state index in [9.17, 15) is 0 Å². The normalized spacial score (nSPS) is 17.8. The molecule has 0 spiro atoms. The van der Waals surface area contributed by atoms with Gasteiger partial charge in [0.2, 0.25) is 0 Å². The Morgan fingerprint density at radius 2 is 2.21 bits per heavy atom. The van der Waals surface area contributed by atoms with Crippen LogP contribution in [-0.4, -0.2) is 21.7 Å². The summed E-state index contributed by atoms with van der Waals surface area (Å²) in [6.45, 7) is 2.92. The molecule has 3 rings (SSSR count). The second kappa shape index (κ2) is 5.34. The van der Waals surface area contributed by atoms with Crippen LogP contribution in [0.2, 0.25) is 0 Å². The fourth-order valence-corrected chi connectivity index (χ4v) is 2.70. The van der Waals surface area contributed by atoms with Crippen molar-refractivity contribution in [2.24, 2.45) is 0 Å². The van der Waals surface area contributed by atoms with Crippen LogP contribution in [0.1, 0.15) is 42.6 Å². The lowest BCUT2D eigenvalue weighted by Crippen LogP contribution is -2.14. The topological polar surface area (TPSA) is 50.7 Å². The Morgan fingerprint density at radius 1 is 1.26 bits per heavy atom. The van der Waals surface area contributed by atoms with E-state index in [1.165, 1.54) is 17.7 Å². The molecule has 1 aliphatic carbocycles. The highest BCUT2D eigenvalue weighted by Crippen LogP contribution is 2.33. The third-order valence-corrected chi connectivity index (χ3v) is 3.60. The molecular formula is C15H18N4. The van der Waals surface area contributed by atoms with Crippen molar-refractivity contribution < 1.29 is 0 Å². The van der Waals surface area contributed by atoms with Crippen molar-refractivity contribution in [1.82, 2.24) is 15.2 Å². The van der Waals surface area contributed by atoms with Crippen molar-refractivity contribution in [1.29, 1.82) is 0 Å². The van der Waals surface area contributed by atoms with Crippen molar-refractivity contribution in [2.75, 3.05) is 11.9 Å². The number of hydrogen-bond donors (Lipinski definition) is 1.